The van der Waals surface area contributed by atoms with E-state index in [1.165, 1.54) is 0 Å². The van der Waals surface area contributed by atoms with Crippen LogP contribution in [0, 0.1) is 0 Å². The van der Waals surface area contributed by atoms with Crippen LogP contribution in [0.4, 0.5) is 9.59 Å². The SMILES string of the molecule is C.CCNC(=O)S.NC(=O)S.[H-].[Na+]. The van der Waals surface area contributed by atoms with Gasteiger partial charge >= 0.3 is 29.6 Å². The van der Waals surface area contributed by atoms with Crippen molar-refractivity contribution in [1.29, 1.82) is 0 Å². The third-order valence-corrected chi connectivity index (χ3v) is 0.486. The molecule has 12 heavy (non-hydrogen) atoms. The van der Waals surface area contributed by atoms with Crippen molar-refractivity contribution in [2.75, 3.05) is 6.54 Å². The fourth-order valence-electron chi connectivity index (χ4n) is 0.151. The Morgan fingerprint density at radius 3 is 1.75 bits per heavy atom. The van der Waals surface area contributed by atoms with Crippen LogP contribution in [0.1, 0.15) is 15.8 Å². The molecule has 4 nitrogen and oxygen atoms in total. The molecule has 2 amide bonds. The maximum Gasteiger partial charge on any atom is 1.00 e. The van der Waals surface area contributed by atoms with Crippen molar-refractivity contribution in [1.82, 2.24) is 5.32 Å². The Labute approximate surface area is 108 Å². The number of carbonyl (C=O) groups excluding carboxylic acids is 2. The predicted molar refractivity (Wildman–Crippen MR) is 54.5 cm³/mol. The molecule has 0 aromatic rings. The van der Waals surface area contributed by atoms with Gasteiger partial charge in [0.1, 0.15) is 0 Å². The van der Waals surface area contributed by atoms with Gasteiger partial charge in [-0.3, -0.25) is 9.59 Å². The number of amides is 2. The summed E-state index contributed by atoms with van der Waals surface area (Å²) in [5.41, 5.74) is 4.34. The molecule has 0 aromatic carbocycles. The first-order valence-electron chi connectivity index (χ1n) is 2.45. The van der Waals surface area contributed by atoms with Crippen molar-refractivity contribution >= 4 is 35.7 Å². The summed E-state index contributed by atoms with van der Waals surface area (Å²) in [6, 6.07) is 0. The number of rotatable bonds is 1. The van der Waals surface area contributed by atoms with Gasteiger partial charge in [0.15, 0.2) is 0 Å². The molecule has 0 aliphatic heterocycles. The van der Waals surface area contributed by atoms with E-state index >= 15 is 0 Å². The first kappa shape index (κ1) is 22.9. The zero-order valence-corrected chi connectivity index (χ0v) is 10.3. The Bertz CT molecular complexity index is 125. The van der Waals surface area contributed by atoms with Crippen molar-refractivity contribution in [3.05, 3.63) is 0 Å². The van der Waals surface area contributed by atoms with Crippen molar-refractivity contribution in [2.24, 2.45) is 5.73 Å². The molecular weight excluding hydrogens is 207 g/mol. The minimum Gasteiger partial charge on any atom is -1.00 e. The normalized spacial score (nSPS) is 5.92. The van der Waals surface area contributed by atoms with Gasteiger partial charge in [-0.2, -0.15) is 0 Å². The molecule has 7 heteroatoms. The number of nitrogens with two attached hydrogens (primary N) is 1. The van der Waals surface area contributed by atoms with Gasteiger partial charge in [-0.15, -0.1) is 0 Å². The molecule has 0 radical (unpaired) electrons. The molecule has 0 fully saturated rings. The number of thiol groups is 2. The molecule has 0 spiro atoms. The fraction of sp³-hybridized carbons (Fsp3) is 0.600. The van der Waals surface area contributed by atoms with Crippen LogP contribution in [0.3, 0.4) is 0 Å². The minimum absolute atomic E-state index is 0. The van der Waals surface area contributed by atoms with E-state index in [0.29, 0.717) is 6.54 Å². The van der Waals surface area contributed by atoms with Crippen molar-refractivity contribution in [3.8, 4) is 0 Å². The molecule has 0 heterocycles. The summed E-state index contributed by atoms with van der Waals surface area (Å²) in [5, 5.41) is 1.53. The van der Waals surface area contributed by atoms with E-state index in [-0.39, 0.29) is 43.6 Å². The molecule has 0 saturated carbocycles. The number of hydrogen-bond acceptors (Lipinski definition) is 2. The van der Waals surface area contributed by atoms with Crippen LogP contribution in [0.2, 0.25) is 0 Å². The Balaban J connectivity index is -0.0000000279. The smallest absolute Gasteiger partial charge is 1.00 e. The van der Waals surface area contributed by atoms with E-state index in [0.717, 1.165) is 0 Å². The predicted octanol–water partition coefficient (Wildman–Crippen LogP) is -1.61. The quantitative estimate of drug-likeness (QED) is 0.318. The molecule has 0 bridgehead atoms. The second kappa shape index (κ2) is 17.7. The zero-order valence-electron chi connectivity index (χ0n) is 7.50. The first-order chi connectivity index (χ1) is 4.50. The summed E-state index contributed by atoms with van der Waals surface area (Å²) >= 11 is 6.53. The summed E-state index contributed by atoms with van der Waals surface area (Å²) in [6.45, 7) is 2.50. The molecule has 0 aliphatic carbocycles. The number of primary amides is 1. The Morgan fingerprint density at radius 1 is 1.50 bits per heavy atom. The van der Waals surface area contributed by atoms with Gasteiger partial charge in [-0.25, -0.2) is 0 Å². The van der Waals surface area contributed by atoms with E-state index in [4.69, 9.17) is 4.79 Å². The second-order valence-corrected chi connectivity index (χ2v) is 2.02. The summed E-state index contributed by atoms with van der Waals surface area (Å²) in [4.78, 5) is 18.9. The van der Waals surface area contributed by atoms with Gasteiger partial charge in [0.25, 0.3) is 10.5 Å². The summed E-state index contributed by atoms with van der Waals surface area (Å²) < 4.78 is 0. The van der Waals surface area contributed by atoms with Gasteiger partial charge in [-0.05, 0) is 6.92 Å². The average Bonchev–Trinajstić information content (AvgIpc) is 1.62. The molecule has 0 aliphatic rings. The zero-order chi connectivity index (χ0) is 8.57. The molecule has 0 saturated heterocycles. The number of hydrogen-bond donors (Lipinski definition) is 4. The van der Waals surface area contributed by atoms with Crippen LogP contribution in [0.15, 0.2) is 0 Å². The number of nitrogens with one attached hydrogen (secondary N) is 1. The van der Waals surface area contributed by atoms with Crippen LogP contribution in [-0.2, 0) is 0 Å². The van der Waals surface area contributed by atoms with Crippen molar-refractivity contribution in [2.45, 2.75) is 14.4 Å². The van der Waals surface area contributed by atoms with Gasteiger partial charge in [0.05, 0.1) is 0 Å². The third-order valence-electron chi connectivity index (χ3n) is 0.328. The molecule has 3 N–H and O–H groups in total. The maximum absolute atomic E-state index is 9.80. The van der Waals surface area contributed by atoms with Crippen LogP contribution >= 0.6 is 25.3 Å². The van der Waals surface area contributed by atoms with E-state index in [9.17, 15) is 4.79 Å². The van der Waals surface area contributed by atoms with Gasteiger partial charge in [0.2, 0.25) is 0 Å². The van der Waals surface area contributed by atoms with Crippen LogP contribution < -0.4 is 40.6 Å². The molecule has 0 rings (SSSR count). The first-order valence-corrected chi connectivity index (χ1v) is 3.35. The number of carbonyl (C=O) groups is 2. The van der Waals surface area contributed by atoms with Crippen LogP contribution in [-0.4, -0.2) is 17.0 Å². The van der Waals surface area contributed by atoms with E-state index < -0.39 is 5.24 Å². The summed E-state index contributed by atoms with van der Waals surface area (Å²) in [7, 11) is 0. The molecule has 70 valence electrons. The Hall–Kier alpha value is 0.640. The minimum atomic E-state index is -0.639. The van der Waals surface area contributed by atoms with E-state index in [2.05, 4.69) is 36.3 Å². The third kappa shape index (κ3) is 74.6. The van der Waals surface area contributed by atoms with Gasteiger partial charge < -0.3 is 12.5 Å². The molecule has 0 unspecified atom stereocenters. The monoisotopic (exact) mass is 222 g/mol. The second-order valence-electron chi connectivity index (χ2n) is 1.17. The van der Waals surface area contributed by atoms with Gasteiger partial charge in [0, 0.05) is 6.54 Å². The van der Waals surface area contributed by atoms with E-state index in [1.807, 2.05) is 6.92 Å². The van der Waals surface area contributed by atoms with Crippen LogP contribution in [0.25, 0.3) is 0 Å². The topological polar surface area (TPSA) is 72.2 Å². The summed E-state index contributed by atoms with van der Waals surface area (Å²) in [6.07, 6.45) is 0. The van der Waals surface area contributed by atoms with E-state index in [1.54, 1.807) is 0 Å². The molecular formula is C5H15N2NaO2S2. The molecule has 0 atom stereocenters. The van der Waals surface area contributed by atoms with Crippen molar-refractivity contribution < 1.29 is 40.6 Å². The maximum atomic E-state index is 9.80. The van der Waals surface area contributed by atoms with Crippen LogP contribution in [0.5, 0.6) is 0 Å². The standard InChI is InChI=1S/C3H7NOS.CH3NOS.CH4.Na.H/c1-2-4-3(5)6;2-1(3)4;;;/h2H2,1H3,(H2,4,5,6);(H3,2,3,4);1H4;;/q;;;+1;-1. The molecule has 0 aromatic heterocycles. The largest absolute Gasteiger partial charge is 1.00 e. The fourth-order valence-corrected chi connectivity index (χ4v) is 0.309. The van der Waals surface area contributed by atoms with Crippen molar-refractivity contribution in [3.63, 3.8) is 0 Å². The van der Waals surface area contributed by atoms with Gasteiger partial charge in [-0.1, -0.05) is 32.7 Å². The Kier molecular flexibility index (Phi) is 33.7. The summed E-state index contributed by atoms with van der Waals surface area (Å²) in [5.74, 6) is 0. The average molecular weight is 222 g/mol. The Morgan fingerprint density at radius 2 is 1.75 bits per heavy atom.